The minimum absolute atomic E-state index is 0.0658. The zero-order valence-corrected chi connectivity index (χ0v) is 35.4. The first-order valence-electron chi connectivity index (χ1n) is 22.7. The molecule has 0 aromatic carbocycles. The molecular formula is C46H88O6. The maximum Gasteiger partial charge on any atom is 0.306 e. The summed E-state index contributed by atoms with van der Waals surface area (Å²) in [5.41, 5.74) is 0. The molecule has 6 nitrogen and oxygen atoms in total. The van der Waals surface area contributed by atoms with Crippen LogP contribution < -0.4 is 0 Å². The number of hydrogen-bond donors (Lipinski definition) is 0. The van der Waals surface area contributed by atoms with E-state index in [1.807, 2.05) is 0 Å². The van der Waals surface area contributed by atoms with Crippen LogP contribution in [0, 0.1) is 11.8 Å². The molecule has 0 aromatic heterocycles. The number of esters is 3. The Morgan fingerprint density at radius 3 is 0.942 bits per heavy atom. The Labute approximate surface area is 323 Å². The summed E-state index contributed by atoms with van der Waals surface area (Å²) in [6, 6.07) is 0. The van der Waals surface area contributed by atoms with Crippen LogP contribution in [0.3, 0.4) is 0 Å². The van der Waals surface area contributed by atoms with Crippen LogP contribution in [-0.4, -0.2) is 37.2 Å². The lowest BCUT2D eigenvalue weighted by molar-refractivity contribution is -0.167. The van der Waals surface area contributed by atoms with Crippen LogP contribution in [0.2, 0.25) is 0 Å². The summed E-state index contributed by atoms with van der Waals surface area (Å²) >= 11 is 0. The van der Waals surface area contributed by atoms with E-state index in [2.05, 4.69) is 34.6 Å². The molecule has 0 spiro atoms. The quantitative estimate of drug-likeness (QED) is 0.0354. The fourth-order valence-corrected chi connectivity index (χ4v) is 6.75. The van der Waals surface area contributed by atoms with Gasteiger partial charge in [0.05, 0.1) is 0 Å². The lowest BCUT2D eigenvalue weighted by atomic mass is 10.0. The molecule has 0 saturated heterocycles. The fourth-order valence-electron chi connectivity index (χ4n) is 6.75. The number of rotatable bonds is 40. The molecule has 0 aliphatic rings. The first-order chi connectivity index (χ1) is 25.2. The number of ether oxygens (including phenoxy) is 3. The zero-order chi connectivity index (χ0) is 38.3. The van der Waals surface area contributed by atoms with Gasteiger partial charge in [0.25, 0.3) is 0 Å². The molecule has 0 bridgehead atoms. The first kappa shape index (κ1) is 50.4. The van der Waals surface area contributed by atoms with Gasteiger partial charge in [-0.3, -0.25) is 14.4 Å². The molecule has 1 atom stereocenters. The van der Waals surface area contributed by atoms with Gasteiger partial charge in [-0.15, -0.1) is 0 Å². The van der Waals surface area contributed by atoms with E-state index in [4.69, 9.17) is 14.2 Å². The smallest absolute Gasteiger partial charge is 0.306 e. The fraction of sp³-hybridized carbons (Fsp3) is 0.935. The molecule has 0 fully saturated rings. The molecule has 0 saturated carbocycles. The van der Waals surface area contributed by atoms with Crippen LogP contribution in [-0.2, 0) is 28.6 Å². The van der Waals surface area contributed by atoms with Crippen molar-refractivity contribution in [1.82, 2.24) is 0 Å². The van der Waals surface area contributed by atoms with Crippen molar-refractivity contribution < 1.29 is 28.6 Å². The Kier molecular flexibility index (Phi) is 37.9. The summed E-state index contributed by atoms with van der Waals surface area (Å²) in [4.78, 5) is 37.6. The van der Waals surface area contributed by atoms with E-state index in [0.717, 1.165) is 69.6 Å². The molecule has 52 heavy (non-hydrogen) atoms. The second-order valence-electron chi connectivity index (χ2n) is 16.6. The average molecular weight is 737 g/mol. The van der Waals surface area contributed by atoms with E-state index in [9.17, 15) is 14.4 Å². The van der Waals surface area contributed by atoms with Gasteiger partial charge < -0.3 is 14.2 Å². The summed E-state index contributed by atoms with van der Waals surface area (Å²) in [6.45, 7) is 11.3. The van der Waals surface area contributed by atoms with Crippen LogP contribution in [0.15, 0.2) is 0 Å². The van der Waals surface area contributed by atoms with Crippen molar-refractivity contribution in [3.63, 3.8) is 0 Å². The monoisotopic (exact) mass is 737 g/mol. The molecule has 0 radical (unpaired) electrons. The zero-order valence-electron chi connectivity index (χ0n) is 35.4. The van der Waals surface area contributed by atoms with E-state index in [0.29, 0.717) is 19.3 Å². The maximum absolute atomic E-state index is 12.6. The van der Waals surface area contributed by atoms with Gasteiger partial charge in [-0.2, -0.15) is 0 Å². The standard InChI is InChI=1S/C46H88O6/c1-6-7-8-9-10-11-17-20-26-31-36-44(47)50-39-43(52-46(49)38-33-28-23-22-25-30-35-42(4)5)40-51-45(48)37-32-27-21-18-15-13-12-14-16-19-24-29-34-41(2)3/h41-43H,6-40H2,1-5H3/t43-/m1/s1. The average Bonchev–Trinajstić information content (AvgIpc) is 3.11. The second kappa shape index (κ2) is 39.1. The molecule has 6 heteroatoms. The van der Waals surface area contributed by atoms with Gasteiger partial charge in [0, 0.05) is 19.3 Å². The largest absolute Gasteiger partial charge is 0.462 e. The lowest BCUT2D eigenvalue weighted by Crippen LogP contribution is -2.30. The molecule has 0 aliphatic carbocycles. The topological polar surface area (TPSA) is 78.9 Å². The highest BCUT2D eigenvalue weighted by Crippen LogP contribution is 2.16. The van der Waals surface area contributed by atoms with Crippen LogP contribution in [0.4, 0.5) is 0 Å². The van der Waals surface area contributed by atoms with Gasteiger partial charge in [0.1, 0.15) is 13.2 Å². The summed E-state index contributed by atoms with van der Waals surface area (Å²) in [5.74, 6) is 0.729. The Bertz CT molecular complexity index is 794. The van der Waals surface area contributed by atoms with E-state index >= 15 is 0 Å². The molecule has 0 amide bonds. The van der Waals surface area contributed by atoms with Crippen molar-refractivity contribution in [1.29, 1.82) is 0 Å². The summed E-state index contributed by atoms with van der Waals surface area (Å²) < 4.78 is 16.7. The lowest BCUT2D eigenvalue weighted by Gasteiger charge is -2.18. The van der Waals surface area contributed by atoms with Gasteiger partial charge in [-0.1, -0.05) is 208 Å². The van der Waals surface area contributed by atoms with E-state index in [1.54, 1.807) is 0 Å². The summed E-state index contributed by atoms with van der Waals surface area (Å²) in [7, 11) is 0. The Morgan fingerprint density at radius 1 is 0.365 bits per heavy atom. The first-order valence-corrected chi connectivity index (χ1v) is 22.7. The Morgan fingerprint density at radius 2 is 0.635 bits per heavy atom. The van der Waals surface area contributed by atoms with Crippen LogP contribution >= 0.6 is 0 Å². The van der Waals surface area contributed by atoms with Crippen molar-refractivity contribution in [3.05, 3.63) is 0 Å². The molecule has 0 heterocycles. The van der Waals surface area contributed by atoms with E-state index in [1.165, 1.54) is 135 Å². The number of hydrogen-bond acceptors (Lipinski definition) is 6. The predicted octanol–water partition coefficient (Wildman–Crippen LogP) is 14.2. The second-order valence-corrected chi connectivity index (χ2v) is 16.6. The van der Waals surface area contributed by atoms with Crippen LogP contribution in [0.25, 0.3) is 0 Å². The number of carbonyl (C=O) groups is 3. The summed E-state index contributed by atoms with van der Waals surface area (Å²) in [5, 5.41) is 0. The van der Waals surface area contributed by atoms with Crippen molar-refractivity contribution in [2.45, 2.75) is 253 Å². The third-order valence-corrected chi connectivity index (χ3v) is 10.2. The highest BCUT2D eigenvalue weighted by molar-refractivity contribution is 5.71. The van der Waals surface area contributed by atoms with Gasteiger partial charge in [0.15, 0.2) is 6.10 Å². The normalized spacial score (nSPS) is 12.1. The molecule has 0 rings (SSSR count). The van der Waals surface area contributed by atoms with Crippen molar-refractivity contribution in [3.8, 4) is 0 Å². The molecule has 308 valence electrons. The molecule has 0 aromatic rings. The summed E-state index contributed by atoms with van der Waals surface area (Å²) in [6.07, 6.45) is 36.7. The predicted molar refractivity (Wildman–Crippen MR) is 220 cm³/mol. The Balaban J connectivity index is 4.28. The van der Waals surface area contributed by atoms with Crippen LogP contribution in [0.5, 0.6) is 0 Å². The third-order valence-electron chi connectivity index (χ3n) is 10.2. The van der Waals surface area contributed by atoms with Crippen molar-refractivity contribution in [2.75, 3.05) is 13.2 Å². The molecule has 0 N–H and O–H groups in total. The van der Waals surface area contributed by atoms with Crippen LogP contribution in [0.1, 0.15) is 247 Å². The number of carbonyl (C=O) groups excluding carboxylic acids is 3. The third kappa shape index (κ3) is 39.6. The minimum Gasteiger partial charge on any atom is -0.462 e. The number of unbranched alkanes of at least 4 members (excludes halogenated alkanes) is 25. The molecule has 0 aliphatic heterocycles. The van der Waals surface area contributed by atoms with Gasteiger partial charge in [-0.05, 0) is 31.1 Å². The Hall–Kier alpha value is -1.59. The van der Waals surface area contributed by atoms with Gasteiger partial charge in [0.2, 0.25) is 0 Å². The van der Waals surface area contributed by atoms with Crippen molar-refractivity contribution >= 4 is 17.9 Å². The molecular weight excluding hydrogens is 648 g/mol. The highest BCUT2D eigenvalue weighted by atomic mass is 16.6. The van der Waals surface area contributed by atoms with Gasteiger partial charge in [-0.25, -0.2) is 0 Å². The van der Waals surface area contributed by atoms with E-state index in [-0.39, 0.29) is 31.1 Å². The van der Waals surface area contributed by atoms with Gasteiger partial charge >= 0.3 is 17.9 Å². The van der Waals surface area contributed by atoms with E-state index < -0.39 is 6.10 Å². The minimum atomic E-state index is -0.760. The highest BCUT2D eigenvalue weighted by Gasteiger charge is 2.19. The molecule has 0 unspecified atom stereocenters. The van der Waals surface area contributed by atoms with Crippen molar-refractivity contribution in [2.24, 2.45) is 11.8 Å². The maximum atomic E-state index is 12.6. The SMILES string of the molecule is CCCCCCCCCCCCC(=O)OC[C@H](COC(=O)CCCCCCCCCCCCCCC(C)C)OC(=O)CCCCCCCCC(C)C.